The maximum Gasteiger partial charge on any atom is 0.325 e. The molecule has 9 nitrogen and oxygen atoms in total. The molecule has 1 saturated heterocycles. The van der Waals surface area contributed by atoms with Crippen molar-refractivity contribution < 1.29 is 28.9 Å². The number of nitrogens with zero attached hydrogens (tertiary/aromatic N) is 1. The van der Waals surface area contributed by atoms with E-state index in [1.54, 1.807) is 24.9 Å². The first-order valence-corrected chi connectivity index (χ1v) is 13.8. The maximum atomic E-state index is 12.0. The zero-order valence-electron chi connectivity index (χ0n) is 21.7. The Hall–Kier alpha value is -3.44. The number of carbonyl (C=O) groups excluding carboxylic acids is 2. The summed E-state index contributed by atoms with van der Waals surface area (Å²) in [5.41, 5.74) is 3.64. The number of aliphatic hydroxyl groups excluding tert-OH is 1. The summed E-state index contributed by atoms with van der Waals surface area (Å²) in [6, 6.07) is 20.9. The van der Waals surface area contributed by atoms with Crippen LogP contribution in [0.2, 0.25) is 0 Å². The molecule has 0 spiro atoms. The topological polar surface area (TPSA) is 119 Å². The zero-order valence-corrected chi connectivity index (χ0v) is 22.6. The highest BCUT2D eigenvalue weighted by Gasteiger charge is 2.32. The third-order valence-electron chi connectivity index (χ3n) is 6.07. The molecule has 0 radical (unpaired) electrons. The Labute approximate surface area is 232 Å². The molecule has 3 N–H and O–H groups in total. The highest BCUT2D eigenvalue weighted by atomic mass is 32.2. The molecule has 0 bridgehead atoms. The molecule has 1 aromatic heterocycles. The third-order valence-corrected chi connectivity index (χ3v) is 7.15. The zero-order chi connectivity index (χ0) is 27.5. The van der Waals surface area contributed by atoms with Crippen LogP contribution in [0.5, 0.6) is 0 Å². The van der Waals surface area contributed by atoms with E-state index in [-0.39, 0.29) is 32.0 Å². The van der Waals surface area contributed by atoms with Crippen LogP contribution in [0.3, 0.4) is 0 Å². The van der Waals surface area contributed by atoms with Gasteiger partial charge in [0.25, 0.3) is 0 Å². The summed E-state index contributed by atoms with van der Waals surface area (Å²) < 4.78 is 17.6. The van der Waals surface area contributed by atoms with Gasteiger partial charge < -0.3 is 30.0 Å². The summed E-state index contributed by atoms with van der Waals surface area (Å²) in [4.78, 5) is 27.7. The summed E-state index contributed by atoms with van der Waals surface area (Å²) in [6.45, 7) is 2.09. The number of benzene rings is 2. The van der Waals surface area contributed by atoms with Gasteiger partial charge in [0.05, 0.1) is 30.4 Å². The molecule has 2 heterocycles. The van der Waals surface area contributed by atoms with E-state index in [0.717, 1.165) is 33.0 Å². The summed E-state index contributed by atoms with van der Waals surface area (Å²) >= 11 is 1.65. The van der Waals surface area contributed by atoms with Crippen molar-refractivity contribution >= 4 is 23.8 Å². The van der Waals surface area contributed by atoms with Crippen LogP contribution in [-0.4, -0.2) is 47.1 Å². The lowest BCUT2D eigenvalue weighted by Crippen LogP contribution is -2.38. The number of amides is 2. The van der Waals surface area contributed by atoms with E-state index in [1.807, 2.05) is 66.7 Å². The van der Waals surface area contributed by atoms with Crippen LogP contribution in [-0.2, 0) is 32.2 Å². The first kappa shape index (κ1) is 28.6. The minimum Gasteiger partial charge on any atom is -0.465 e. The third kappa shape index (κ3) is 8.79. The lowest BCUT2D eigenvalue weighted by molar-refractivity contribution is -0.245. The number of carbonyl (C=O) groups is 2. The van der Waals surface area contributed by atoms with Gasteiger partial charge in [-0.1, -0.05) is 54.6 Å². The molecule has 1 fully saturated rings. The van der Waals surface area contributed by atoms with Gasteiger partial charge in [0.15, 0.2) is 6.29 Å². The fourth-order valence-electron chi connectivity index (χ4n) is 4.04. The van der Waals surface area contributed by atoms with Gasteiger partial charge in [0.2, 0.25) is 0 Å². The van der Waals surface area contributed by atoms with Crippen molar-refractivity contribution in [2.45, 2.75) is 50.0 Å². The van der Waals surface area contributed by atoms with Gasteiger partial charge in [0, 0.05) is 30.5 Å². The quantitative estimate of drug-likeness (QED) is 0.239. The second-order valence-electron chi connectivity index (χ2n) is 8.91. The standard InChI is InChI=1S/C29H33N3O6S/c1-2-36-27(34)17-32-29(35)31-16-20-6-12-23(13-7-20)28-37-24(19-39-26-5-3-4-14-30-26)15-25(38-28)22-10-8-21(18-33)9-11-22/h3-14,24-25,28,33H,2,15-19H2,1H3,(H2,31,32,35). The molecule has 2 aromatic carbocycles. The van der Waals surface area contributed by atoms with E-state index < -0.39 is 18.3 Å². The Morgan fingerprint density at radius 2 is 1.74 bits per heavy atom. The van der Waals surface area contributed by atoms with Crippen molar-refractivity contribution in [1.82, 2.24) is 15.6 Å². The number of rotatable bonds is 11. The predicted molar refractivity (Wildman–Crippen MR) is 147 cm³/mol. The molecule has 0 saturated carbocycles. The van der Waals surface area contributed by atoms with Gasteiger partial charge in [-0.05, 0) is 35.7 Å². The molecule has 3 aromatic rings. The van der Waals surface area contributed by atoms with Crippen LogP contribution in [0, 0.1) is 0 Å². The Kier molecular flexibility index (Phi) is 10.7. The van der Waals surface area contributed by atoms with Gasteiger partial charge in [-0.25, -0.2) is 9.78 Å². The summed E-state index contributed by atoms with van der Waals surface area (Å²) in [5.74, 6) is 0.245. The number of hydrogen-bond donors (Lipinski definition) is 3. The molecule has 2 amide bonds. The number of aromatic nitrogens is 1. The number of esters is 1. The maximum absolute atomic E-state index is 12.0. The first-order chi connectivity index (χ1) is 19.0. The van der Waals surface area contributed by atoms with Gasteiger partial charge in [-0.3, -0.25) is 4.79 Å². The van der Waals surface area contributed by atoms with Crippen LogP contribution < -0.4 is 10.6 Å². The second-order valence-corrected chi connectivity index (χ2v) is 9.95. The van der Waals surface area contributed by atoms with E-state index in [0.29, 0.717) is 13.0 Å². The number of pyridine rings is 1. The van der Waals surface area contributed by atoms with Crippen LogP contribution >= 0.6 is 11.8 Å². The highest BCUT2D eigenvalue weighted by molar-refractivity contribution is 7.99. The Morgan fingerprint density at radius 1 is 1.00 bits per heavy atom. The van der Waals surface area contributed by atoms with Crippen LogP contribution in [0.15, 0.2) is 78.0 Å². The SMILES string of the molecule is CCOC(=O)CNC(=O)NCc1ccc(C2OC(CSc3ccccn3)CC(c3ccc(CO)cc3)O2)cc1. The van der Waals surface area contributed by atoms with Crippen molar-refractivity contribution in [2.75, 3.05) is 18.9 Å². The summed E-state index contributed by atoms with van der Waals surface area (Å²) in [6.07, 6.45) is 1.67. The number of aliphatic hydroxyl groups is 1. The number of urea groups is 1. The van der Waals surface area contributed by atoms with Gasteiger partial charge in [-0.2, -0.15) is 0 Å². The molecule has 1 aliphatic rings. The van der Waals surface area contributed by atoms with Crippen LogP contribution in [0.25, 0.3) is 0 Å². The number of thioether (sulfide) groups is 1. The number of nitrogens with one attached hydrogen (secondary N) is 2. The lowest BCUT2D eigenvalue weighted by Gasteiger charge is -2.36. The van der Waals surface area contributed by atoms with E-state index in [1.165, 1.54) is 0 Å². The van der Waals surface area contributed by atoms with Crippen molar-refractivity contribution in [3.63, 3.8) is 0 Å². The minimum atomic E-state index is -0.564. The normalized spacial score (nSPS) is 18.8. The van der Waals surface area contributed by atoms with Crippen molar-refractivity contribution in [3.05, 3.63) is 95.2 Å². The van der Waals surface area contributed by atoms with Crippen molar-refractivity contribution in [2.24, 2.45) is 0 Å². The molecule has 206 valence electrons. The summed E-state index contributed by atoms with van der Waals surface area (Å²) in [5, 5.41) is 15.5. The lowest BCUT2D eigenvalue weighted by atomic mass is 10.0. The largest absolute Gasteiger partial charge is 0.465 e. The first-order valence-electron chi connectivity index (χ1n) is 12.8. The molecule has 39 heavy (non-hydrogen) atoms. The smallest absolute Gasteiger partial charge is 0.325 e. The Balaban J connectivity index is 1.39. The number of ether oxygens (including phenoxy) is 3. The molecule has 10 heteroatoms. The highest BCUT2D eigenvalue weighted by Crippen LogP contribution is 2.39. The molecule has 3 atom stereocenters. The fourth-order valence-corrected chi connectivity index (χ4v) is 4.92. The van der Waals surface area contributed by atoms with E-state index in [9.17, 15) is 14.7 Å². The Morgan fingerprint density at radius 3 is 2.44 bits per heavy atom. The van der Waals surface area contributed by atoms with E-state index in [4.69, 9.17) is 14.2 Å². The van der Waals surface area contributed by atoms with Crippen molar-refractivity contribution in [1.29, 1.82) is 0 Å². The van der Waals surface area contributed by atoms with Crippen LogP contribution in [0.1, 0.15) is 48.0 Å². The average molecular weight is 552 g/mol. The molecule has 3 unspecified atom stereocenters. The Bertz CT molecular complexity index is 1190. The van der Waals surface area contributed by atoms with E-state index >= 15 is 0 Å². The fraction of sp³-hybridized carbons (Fsp3) is 0.345. The number of hydrogen-bond acceptors (Lipinski definition) is 8. The van der Waals surface area contributed by atoms with Crippen LogP contribution in [0.4, 0.5) is 4.79 Å². The molecular weight excluding hydrogens is 518 g/mol. The molecular formula is C29H33N3O6S. The molecule has 1 aliphatic heterocycles. The predicted octanol–water partition coefficient (Wildman–Crippen LogP) is 4.27. The molecule has 4 rings (SSSR count). The minimum absolute atomic E-state index is 0.00482. The van der Waals surface area contributed by atoms with Crippen molar-refractivity contribution in [3.8, 4) is 0 Å². The van der Waals surface area contributed by atoms with Gasteiger partial charge >= 0.3 is 12.0 Å². The average Bonchev–Trinajstić information content (AvgIpc) is 2.99. The summed E-state index contributed by atoms with van der Waals surface area (Å²) in [7, 11) is 0. The monoisotopic (exact) mass is 551 g/mol. The van der Waals surface area contributed by atoms with Gasteiger partial charge in [0.1, 0.15) is 6.54 Å². The van der Waals surface area contributed by atoms with E-state index in [2.05, 4.69) is 15.6 Å². The molecule has 0 aliphatic carbocycles. The second kappa shape index (κ2) is 14.6. The van der Waals surface area contributed by atoms with Gasteiger partial charge in [-0.15, -0.1) is 11.8 Å².